The van der Waals surface area contributed by atoms with Crippen LogP contribution in [-0.4, -0.2) is 120 Å². The van der Waals surface area contributed by atoms with Gasteiger partial charge >= 0.3 is 12.1 Å². The summed E-state index contributed by atoms with van der Waals surface area (Å²) < 4.78 is 1.01. The molecule has 1 unspecified atom stereocenters. The highest BCUT2D eigenvalue weighted by atomic mass is 79.9. The number of para-hydroxylation sites is 1. The third-order valence-electron chi connectivity index (χ3n) is 10.0. The summed E-state index contributed by atoms with van der Waals surface area (Å²) in [4.78, 5) is 54.4. The van der Waals surface area contributed by atoms with Crippen LogP contribution < -0.4 is 10.6 Å². The number of rotatable bonds is 7. The molecule has 0 bridgehead atoms. The molecule has 0 aromatic heterocycles. The number of halogens is 1. The number of nitrogens with one attached hydrogen (secondary N) is 2. The van der Waals surface area contributed by atoms with E-state index in [-0.39, 0.29) is 18.0 Å². The number of hydrogen-bond acceptors (Lipinski definition) is 7. The Morgan fingerprint density at radius 1 is 0.957 bits per heavy atom. The predicted molar refractivity (Wildman–Crippen MR) is 180 cm³/mol. The summed E-state index contributed by atoms with van der Waals surface area (Å²) in [5.74, 6) is -0.0735. The van der Waals surface area contributed by atoms with Crippen molar-refractivity contribution in [3.63, 3.8) is 0 Å². The van der Waals surface area contributed by atoms with Gasteiger partial charge in [-0.1, -0.05) is 46.3 Å². The number of nitrogens with zero attached hydrogens (tertiary/aromatic N) is 5. The SMILES string of the molecule is Cc1cc(CC(NC(=O)ON2CCC(N3Cc4ccccc4NC3=O)CC2)C(=O)N2CCN(C3CCN(C)CC3)CC2)ccc1Br. The van der Waals surface area contributed by atoms with Gasteiger partial charge in [-0.25, -0.2) is 9.59 Å². The van der Waals surface area contributed by atoms with Gasteiger partial charge in [-0.2, -0.15) is 0 Å². The summed E-state index contributed by atoms with van der Waals surface area (Å²) in [6.45, 7) is 8.84. The molecule has 2 aromatic carbocycles. The highest BCUT2D eigenvalue weighted by Crippen LogP contribution is 2.28. The van der Waals surface area contributed by atoms with E-state index in [0.717, 1.165) is 53.0 Å². The van der Waals surface area contributed by atoms with Crippen LogP contribution in [0.3, 0.4) is 0 Å². The Morgan fingerprint density at radius 3 is 2.37 bits per heavy atom. The maximum Gasteiger partial charge on any atom is 0.426 e. The van der Waals surface area contributed by atoms with Gasteiger partial charge in [0.05, 0.1) is 0 Å². The number of hydroxylamine groups is 2. The lowest BCUT2D eigenvalue weighted by Crippen LogP contribution is -2.58. The minimum atomic E-state index is -0.738. The van der Waals surface area contributed by atoms with Crippen molar-refractivity contribution in [2.24, 2.45) is 0 Å². The fraction of sp³-hybridized carbons (Fsp3) is 0.559. The van der Waals surface area contributed by atoms with E-state index in [9.17, 15) is 14.4 Å². The lowest BCUT2D eigenvalue weighted by Gasteiger charge is -2.42. The first-order chi connectivity index (χ1) is 22.2. The summed E-state index contributed by atoms with van der Waals surface area (Å²) in [6, 6.07) is 13.7. The molecule has 3 fully saturated rings. The molecule has 248 valence electrons. The summed E-state index contributed by atoms with van der Waals surface area (Å²) in [5.41, 5.74) is 4.01. The van der Waals surface area contributed by atoms with Gasteiger partial charge < -0.3 is 30.2 Å². The minimum Gasteiger partial charge on any atom is -0.351 e. The van der Waals surface area contributed by atoms with Gasteiger partial charge in [-0.15, -0.1) is 5.06 Å². The number of carbonyl (C=O) groups is 3. The maximum absolute atomic E-state index is 13.9. The fourth-order valence-electron chi connectivity index (χ4n) is 7.21. The second-order valence-electron chi connectivity index (χ2n) is 13.1. The van der Waals surface area contributed by atoms with Crippen molar-refractivity contribution in [1.29, 1.82) is 0 Å². The van der Waals surface area contributed by atoms with Crippen LogP contribution in [0.5, 0.6) is 0 Å². The number of carbonyl (C=O) groups excluding carboxylic acids is 3. The largest absolute Gasteiger partial charge is 0.426 e. The summed E-state index contributed by atoms with van der Waals surface area (Å²) in [5, 5.41) is 7.55. The van der Waals surface area contributed by atoms with E-state index in [1.54, 1.807) is 5.06 Å². The van der Waals surface area contributed by atoms with E-state index < -0.39 is 12.1 Å². The number of hydrogen-bond donors (Lipinski definition) is 2. The van der Waals surface area contributed by atoms with Gasteiger partial charge in [0.15, 0.2) is 0 Å². The number of piperazine rings is 1. The van der Waals surface area contributed by atoms with Crippen LogP contribution >= 0.6 is 15.9 Å². The molecule has 0 aliphatic carbocycles. The number of urea groups is 1. The average Bonchev–Trinajstić information content (AvgIpc) is 3.06. The second-order valence-corrected chi connectivity index (χ2v) is 14.0. The Morgan fingerprint density at radius 2 is 1.65 bits per heavy atom. The fourth-order valence-corrected chi connectivity index (χ4v) is 7.45. The molecule has 6 rings (SSSR count). The molecular formula is C34H46BrN7O4. The standard InChI is InChI=1S/C34H46BrN7O4/c1-24-21-25(7-8-29(24)35)22-31(32(43)40-19-17-39(18-20-40)27-9-13-38(2)14-10-27)37-34(45)46-41-15-11-28(12-16-41)42-23-26-5-3-4-6-30(26)36-33(42)44/h3-8,21,27-28,31H,9-20,22-23H2,1-2H3,(H,36,44)(H,37,45). The smallest absolute Gasteiger partial charge is 0.351 e. The van der Waals surface area contributed by atoms with Crippen LogP contribution in [-0.2, 0) is 22.6 Å². The molecule has 11 nitrogen and oxygen atoms in total. The molecule has 4 aliphatic rings. The van der Waals surface area contributed by atoms with E-state index in [0.29, 0.717) is 58.0 Å². The molecule has 2 aromatic rings. The van der Waals surface area contributed by atoms with Gasteiger partial charge in [0.25, 0.3) is 0 Å². The first-order valence-corrected chi connectivity index (χ1v) is 17.4. The Balaban J connectivity index is 1.04. The first kappa shape index (κ1) is 32.7. The Kier molecular flexibility index (Phi) is 10.5. The van der Waals surface area contributed by atoms with Crippen molar-refractivity contribution in [2.75, 3.05) is 64.7 Å². The molecular weight excluding hydrogens is 650 g/mol. The Labute approximate surface area is 280 Å². The maximum atomic E-state index is 13.9. The van der Waals surface area contributed by atoms with Crippen molar-refractivity contribution in [3.8, 4) is 0 Å². The second kappa shape index (κ2) is 14.7. The van der Waals surface area contributed by atoms with E-state index in [1.807, 2.05) is 53.1 Å². The van der Waals surface area contributed by atoms with Crippen LogP contribution in [0.4, 0.5) is 15.3 Å². The predicted octanol–water partition coefficient (Wildman–Crippen LogP) is 4.06. The lowest BCUT2D eigenvalue weighted by atomic mass is 10.0. The molecule has 0 saturated carbocycles. The van der Waals surface area contributed by atoms with E-state index in [4.69, 9.17) is 4.84 Å². The van der Waals surface area contributed by atoms with E-state index >= 15 is 0 Å². The van der Waals surface area contributed by atoms with Gasteiger partial charge in [0.2, 0.25) is 5.91 Å². The highest BCUT2D eigenvalue weighted by molar-refractivity contribution is 9.10. The molecule has 4 heterocycles. The first-order valence-electron chi connectivity index (χ1n) is 16.6. The third-order valence-corrected chi connectivity index (χ3v) is 10.9. The number of benzene rings is 2. The molecule has 3 saturated heterocycles. The molecule has 2 N–H and O–H groups in total. The molecule has 0 spiro atoms. The van der Waals surface area contributed by atoms with Crippen molar-refractivity contribution in [1.82, 2.24) is 30.0 Å². The number of anilines is 1. The van der Waals surface area contributed by atoms with Crippen LogP contribution in [0.2, 0.25) is 0 Å². The average molecular weight is 697 g/mol. The van der Waals surface area contributed by atoms with Gasteiger partial charge in [-0.05, 0) is 81.6 Å². The number of piperidine rings is 2. The quantitative estimate of drug-likeness (QED) is 0.451. The third kappa shape index (κ3) is 7.84. The zero-order chi connectivity index (χ0) is 32.2. The van der Waals surface area contributed by atoms with Crippen LogP contribution in [0, 0.1) is 6.92 Å². The summed E-state index contributed by atoms with van der Waals surface area (Å²) >= 11 is 3.56. The van der Waals surface area contributed by atoms with Crippen molar-refractivity contribution in [2.45, 2.75) is 63.7 Å². The Hall–Kier alpha value is -3.19. The Bertz CT molecular complexity index is 1400. The molecule has 4 amide bonds. The molecule has 46 heavy (non-hydrogen) atoms. The zero-order valence-electron chi connectivity index (χ0n) is 26.9. The molecule has 1 atom stereocenters. The lowest BCUT2D eigenvalue weighted by molar-refractivity contribution is -0.138. The normalized spacial score (nSPS) is 21.4. The van der Waals surface area contributed by atoms with Gasteiger partial charge in [-0.3, -0.25) is 9.69 Å². The monoisotopic (exact) mass is 695 g/mol. The van der Waals surface area contributed by atoms with Crippen molar-refractivity contribution >= 4 is 39.6 Å². The molecule has 0 radical (unpaired) electrons. The van der Waals surface area contributed by atoms with Crippen LogP contribution in [0.15, 0.2) is 46.9 Å². The molecule has 12 heteroatoms. The number of fused-ring (bicyclic) bond motifs is 1. The van der Waals surface area contributed by atoms with Crippen molar-refractivity contribution in [3.05, 3.63) is 63.6 Å². The topological polar surface area (TPSA) is 101 Å². The van der Waals surface area contributed by atoms with Crippen molar-refractivity contribution < 1.29 is 19.2 Å². The summed E-state index contributed by atoms with van der Waals surface area (Å²) in [7, 11) is 2.18. The number of likely N-dealkylation sites (tertiary alicyclic amines) is 1. The van der Waals surface area contributed by atoms with Gasteiger partial charge in [0.1, 0.15) is 6.04 Å². The number of amides is 4. The zero-order valence-corrected chi connectivity index (χ0v) is 28.5. The van der Waals surface area contributed by atoms with E-state index in [2.05, 4.69) is 49.5 Å². The van der Waals surface area contributed by atoms with Crippen LogP contribution in [0.25, 0.3) is 0 Å². The highest BCUT2D eigenvalue weighted by Gasteiger charge is 2.35. The molecule has 4 aliphatic heterocycles. The summed E-state index contributed by atoms with van der Waals surface area (Å²) in [6.07, 6.45) is 3.46. The van der Waals surface area contributed by atoms with E-state index in [1.165, 1.54) is 12.8 Å². The number of aryl methyl sites for hydroxylation is 1. The van der Waals surface area contributed by atoms with Gasteiger partial charge in [0, 0.05) is 74.5 Å². The minimum absolute atomic E-state index is 0.0550. The van der Waals surface area contributed by atoms with Crippen LogP contribution in [0.1, 0.15) is 42.4 Å².